The van der Waals surface area contributed by atoms with E-state index in [2.05, 4.69) is 20.0 Å². The standard InChI is InChI=1S/C6H7N3O3/c1-12-6(11)9-5-7-2-4(3-10)8-5/h2-3H,1H3,(H2,7,8,9,11). The Hall–Kier alpha value is -1.85. The topological polar surface area (TPSA) is 84.1 Å². The van der Waals surface area contributed by atoms with Crippen LogP contribution in [0.2, 0.25) is 0 Å². The average Bonchev–Trinajstić information content (AvgIpc) is 2.52. The van der Waals surface area contributed by atoms with Crippen LogP contribution in [0.25, 0.3) is 0 Å². The summed E-state index contributed by atoms with van der Waals surface area (Å²) in [6.45, 7) is 0. The number of methoxy groups -OCH3 is 1. The lowest BCUT2D eigenvalue weighted by atomic mass is 10.6. The summed E-state index contributed by atoms with van der Waals surface area (Å²) in [4.78, 5) is 27.0. The van der Waals surface area contributed by atoms with Crippen molar-refractivity contribution in [3.8, 4) is 0 Å². The average molecular weight is 169 g/mol. The van der Waals surface area contributed by atoms with E-state index in [1.807, 2.05) is 0 Å². The molecular weight excluding hydrogens is 162 g/mol. The van der Waals surface area contributed by atoms with Crippen molar-refractivity contribution in [1.29, 1.82) is 0 Å². The normalized spacial score (nSPS) is 9.08. The molecule has 0 bridgehead atoms. The van der Waals surface area contributed by atoms with Crippen molar-refractivity contribution in [1.82, 2.24) is 9.97 Å². The zero-order valence-corrected chi connectivity index (χ0v) is 6.33. The summed E-state index contributed by atoms with van der Waals surface area (Å²) in [5.41, 5.74) is 0.293. The molecule has 64 valence electrons. The van der Waals surface area contributed by atoms with E-state index in [1.165, 1.54) is 13.3 Å². The summed E-state index contributed by atoms with van der Waals surface area (Å²) < 4.78 is 4.30. The summed E-state index contributed by atoms with van der Waals surface area (Å²) in [7, 11) is 1.24. The first-order valence-electron chi connectivity index (χ1n) is 3.11. The van der Waals surface area contributed by atoms with Crippen LogP contribution in [0.1, 0.15) is 10.5 Å². The summed E-state index contributed by atoms with van der Waals surface area (Å²) in [5.74, 6) is 0.184. The van der Waals surface area contributed by atoms with Gasteiger partial charge in [-0.2, -0.15) is 0 Å². The van der Waals surface area contributed by atoms with Gasteiger partial charge >= 0.3 is 6.09 Å². The van der Waals surface area contributed by atoms with Gasteiger partial charge in [-0.3, -0.25) is 10.1 Å². The molecule has 0 fully saturated rings. The maximum absolute atomic E-state index is 10.6. The number of carbonyl (C=O) groups is 2. The Morgan fingerprint density at radius 3 is 3.08 bits per heavy atom. The van der Waals surface area contributed by atoms with Gasteiger partial charge in [-0.25, -0.2) is 9.78 Å². The molecule has 6 nitrogen and oxygen atoms in total. The van der Waals surface area contributed by atoms with E-state index in [0.29, 0.717) is 12.0 Å². The van der Waals surface area contributed by atoms with Crippen LogP contribution in [0.5, 0.6) is 0 Å². The van der Waals surface area contributed by atoms with Crippen molar-refractivity contribution < 1.29 is 14.3 Å². The SMILES string of the molecule is COC(=O)Nc1ncc(C=O)[nH]1. The van der Waals surface area contributed by atoms with E-state index in [9.17, 15) is 9.59 Å². The number of hydrogen-bond donors (Lipinski definition) is 2. The molecule has 1 rings (SSSR count). The summed E-state index contributed by atoms with van der Waals surface area (Å²) >= 11 is 0. The van der Waals surface area contributed by atoms with E-state index in [1.54, 1.807) is 0 Å². The lowest BCUT2D eigenvalue weighted by Gasteiger charge is -1.96. The van der Waals surface area contributed by atoms with Gasteiger partial charge in [-0.05, 0) is 0 Å². The van der Waals surface area contributed by atoms with E-state index in [-0.39, 0.29) is 5.95 Å². The number of amides is 1. The number of hydrogen-bond acceptors (Lipinski definition) is 4. The molecule has 0 aliphatic rings. The third-order valence-electron chi connectivity index (χ3n) is 1.13. The molecule has 0 unspecified atom stereocenters. The molecule has 0 radical (unpaired) electrons. The van der Waals surface area contributed by atoms with Crippen molar-refractivity contribution in [2.24, 2.45) is 0 Å². The maximum atomic E-state index is 10.6. The van der Waals surface area contributed by atoms with E-state index < -0.39 is 6.09 Å². The first kappa shape index (κ1) is 8.25. The summed E-state index contributed by atoms with van der Waals surface area (Å²) in [5, 5.41) is 2.26. The zero-order chi connectivity index (χ0) is 8.97. The predicted molar refractivity (Wildman–Crippen MR) is 40.0 cm³/mol. The number of nitrogens with one attached hydrogen (secondary N) is 2. The van der Waals surface area contributed by atoms with Gasteiger partial charge in [0.05, 0.1) is 19.0 Å². The molecule has 12 heavy (non-hydrogen) atoms. The largest absolute Gasteiger partial charge is 0.453 e. The molecule has 1 amide bonds. The minimum atomic E-state index is -0.637. The van der Waals surface area contributed by atoms with Crippen molar-refractivity contribution in [3.05, 3.63) is 11.9 Å². The summed E-state index contributed by atoms with van der Waals surface area (Å²) in [6, 6.07) is 0. The van der Waals surface area contributed by atoms with Crippen molar-refractivity contribution in [3.63, 3.8) is 0 Å². The fourth-order valence-electron chi connectivity index (χ4n) is 0.606. The second-order valence-electron chi connectivity index (χ2n) is 1.92. The molecule has 1 aromatic rings. The summed E-state index contributed by atoms with van der Waals surface area (Å²) in [6.07, 6.45) is 1.26. The Morgan fingerprint density at radius 2 is 2.58 bits per heavy atom. The van der Waals surface area contributed by atoms with Gasteiger partial charge in [0.2, 0.25) is 5.95 Å². The Morgan fingerprint density at radius 1 is 1.83 bits per heavy atom. The van der Waals surface area contributed by atoms with Crippen LogP contribution in [0.4, 0.5) is 10.7 Å². The van der Waals surface area contributed by atoms with Crippen LogP contribution >= 0.6 is 0 Å². The second-order valence-corrected chi connectivity index (χ2v) is 1.92. The van der Waals surface area contributed by atoms with Crippen LogP contribution in [-0.4, -0.2) is 29.5 Å². The molecule has 0 saturated heterocycles. The molecule has 2 N–H and O–H groups in total. The molecule has 0 atom stereocenters. The van der Waals surface area contributed by atoms with Crippen molar-refractivity contribution in [2.75, 3.05) is 12.4 Å². The van der Waals surface area contributed by atoms with Crippen molar-refractivity contribution >= 4 is 18.3 Å². The molecule has 1 heterocycles. The Balaban J connectivity index is 2.63. The van der Waals surface area contributed by atoms with Gasteiger partial charge in [0.1, 0.15) is 0 Å². The molecular formula is C6H7N3O3. The molecule has 0 aliphatic heterocycles. The van der Waals surface area contributed by atoms with Gasteiger partial charge in [-0.15, -0.1) is 0 Å². The fraction of sp³-hybridized carbons (Fsp3) is 0.167. The molecule has 0 aromatic carbocycles. The number of anilines is 1. The van der Waals surface area contributed by atoms with Gasteiger partial charge in [0, 0.05) is 0 Å². The fourth-order valence-corrected chi connectivity index (χ4v) is 0.606. The van der Waals surface area contributed by atoms with Crippen LogP contribution in [0.15, 0.2) is 6.20 Å². The third kappa shape index (κ3) is 1.82. The van der Waals surface area contributed by atoms with Gasteiger partial charge in [-0.1, -0.05) is 0 Å². The maximum Gasteiger partial charge on any atom is 0.413 e. The Kier molecular flexibility index (Phi) is 2.42. The molecule has 0 spiro atoms. The number of ether oxygens (including phenoxy) is 1. The number of carbonyl (C=O) groups excluding carboxylic acids is 2. The van der Waals surface area contributed by atoms with Crippen molar-refractivity contribution in [2.45, 2.75) is 0 Å². The zero-order valence-electron chi connectivity index (χ0n) is 6.33. The van der Waals surface area contributed by atoms with Gasteiger partial charge in [0.25, 0.3) is 0 Å². The number of aromatic amines is 1. The first-order valence-corrected chi connectivity index (χ1v) is 3.11. The number of aromatic nitrogens is 2. The Labute approximate surface area is 67.9 Å². The minimum absolute atomic E-state index is 0.184. The van der Waals surface area contributed by atoms with E-state index >= 15 is 0 Å². The number of rotatable bonds is 2. The van der Waals surface area contributed by atoms with Crippen LogP contribution < -0.4 is 5.32 Å². The molecule has 0 saturated carbocycles. The molecule has 0 aliphatic carbocycles. The van der Waals surface area contributed by atoms with Crippen LogP contribution in [0.3, 0.4) is 0 Å². The number of aldehydes is 1. The first-order chi connectivity index (χ1) is 5.76. The number of imidazole rings is 1. The highest BCUT2D eigenvalue weighted by Gasteiger charge is 2.03. The smallest absolute Gasteiger partial charge is 0.413 e. The number of nitrogens with zero attached hydrogens (tertiary/aromatic N) is 1. The second kappa shape index (κ2) is 3.51. The Bertz CT molecular complexity index is 294. The molecule has 6 heteroatoms. The lowest BCUT2D eigenvalue weighted by Crippen LogP contribution is -2.11. The highest BCUT2D eigenvalue weighted by molar-refractivity contribution is 5.83. The minimum Gasteiger partial charge on any atom is -0.453 e. The van der Waals surface area contributed by atoms with Gasteiger partial charge in [0.15, 0.2) is 6.29 Å². The quantitative estimate of drug-likeness (QED) is 0.627. The number of H-pyrrole nitrogens is 1. The van der Waals surface area contributed by atoms with E-state index in [0.717, 1.165) is 0 Å². The van der Waals surface area contributed by atoms with Crippen LogP contribution in [-0.2, 0) is 4.74 Å². The predicted octanol–water partition coefficient (Wildman–Crippen LogP) is 0.400. The van der Waals surface area contributed by atoms with Crippen LogP contribution in [0, 0.1) is 0 Å². The van der Waals surface area contributed by atoms with Gasteiger partial charge < -0.3 is 9.72 Å². The van der Waals surface area contributed by atoms with E-state index in [4.69, 9.17) is 0 Å². The lowest BCUT2D eigenvalue weighted by molar-refractivity contribution is 0.111. The third-order valence-corrected chi connectivity index (χ3v) is 1.13. The monoisotopic (exact) mass is 169 g/mol. The highest BCUT2D eigenvalue weighted by atomic mass is 16.5. The molecule has 1 aromatic heterocycles. The highest BCUT2D eigenvalue weighted by Crippen LogP contribution is 1.99.